The molecule has 3 heterocycles. The van der Waals surface area contributed by atoms with Gasteiger partial charge in [0.05, 0.1) is 6.54 Å². The van der Waals surface area contributed by atoms with Crippen LogP contribution in [0.1, 0.15) is 17.7 Å². The molecule has 4 rings (SSSR count). The van der Waals surface area contributed by atoms with Gasteiger partial charge in [0.25, 0.3) is 6.08 Å². The first-order valence-corrected chi connectivity index (χ1v) is 8.72. The summed E-state index contributed by atoms with van der Waals surface area (Å²) in [5, 5.41) is 4.64. The van der Waals surface area contributed by atoms with E-state index in [9.17, 15) is 13.6 Å². The van der Waals surface area contributed by atoms with Crippen LogP contribution in [0, 0.1) is 12.8 Å². The Kier molecular flexibility index (Phi) is 4.43. The molecule has 1 aliphatic rings. The summed E-state index contributed by atoms with van der Waals surface area (Å²) in [6, 6.07) is 11.5. The molecule has 0 saturated carbocycles. The van der Waals surface area contributed by atoms with Gasteiger partial charge in [-0.15, -0.1) is 0 Å². The molecule has 1 atom stereocenters. The molecule has 138 valence electrons. The molecule has 7 heteroatoms. The normalized spacial score (nSPS) is 16.9. The largest absolute Gasteiger partial charge is 0.338 e. The summed E-state index contributed by atoms with van der Waals surface area (Å²) in [4.78, 5) is 18.5. The van der Waals surface area contributed by atoms with Crippen molar-refractivity contribution >= 4 is 11.6 Å². The van der Waals surface area contributed by atoms with Crippen molar-refractivity contribution in [3.63, 3.8) is 0 Å². The van der Waals surface area contributed by atoms with Crippen LogP contribution in [0.2, 0.25) is 0 Å². The molecule has 1 aromatic carbocycles. The summed E-state index contributed by atoms with van der Waals surface area (Å²) in [5.74, 6) is -0.595. The molecule has 1 unspecified atom stereocenters. The number of carbonyl (C=O) groups excluding carboxylic acids is 1. The summed E-state index contributed by atoms with van der Waals surface area (Å²) in [6.07, 6.45) is 1.06. The van der Waals surface area contributed by atoms with Gasteiger partial charge in [-0.3, -0.25) is 4.79 Å². The van der Waals surface area contributed by atoms with E-state index in [0.717, 1.165) is 28.6 Å². The minimum Gasteiger partial charge on any atom is -0.338 e. The number of nitrogens with zero attached hydrogens (tertiary/aromatic N) is 4. The second kappa shape index (κ2) is 6.90. The number of hydrogen-bond donors (Lipinski definition) is 0. The summed E-state index contributed by atoms with van der Waals surface area (Å²) < 4.78 is 26.8. The van der Waals surface area contributed by atoms with Gasteiger partial charge in [-0.1, -0.05) is 30.3 Å². The van der Waals surface area contributed by atoms with E-state index in [0.29, 0.717) is 12.2 Å². The van der Waals surface area contributed by atoms with Crippen molar-refractivity contribution in [3.05, 3.63) is 66.0 Å². The molecule has 0 N–H and O–H groups in total. The fourth-order valence-electron chi connectivity index (χ4n) is 3.47. The monoisotopic (exact) mass is 368 g/mol. The zero-order chi connectivity index (χ0) is 19.0. The fourth-order valence-corrected chi connectivity index (χ4v) is 3.47. The zero-order valence-electron chi connectivity index (χ0n) is 14.8. The number of benzene rings is 1. The predicted molar refractivity (Wildman–Crippen MR) is 97.0 cm³/mol. The molecule has 0 spiro atoms. The average molecular weight is 368 g/mol. The standard InChI is InChI=1S/C20H18F2N4O/c1-13-7-8-26-20(23-13)16(19(24-26)15-5-3-2-4-6-15)12-25-11-14(9-17(21)22)10-18(25)27/h2-9,14H,10-12H2,1H3. The lowest BCUT2D eigenvalue weighted by Gasteiger charge is -2.16. The fraction of sp³-hybridized carbons (Fsp3) is 0.250. The van der Waals surface area contributed by atoms with Crippen molar-refractivity contribution < 1.29 is 13.6 Å². The first kappa shape index (κ1) is 17.3. The van der Waals surface area contributed by atoms with Gasteiger partial charge in [-0.05, 0) is 19.1 Å². The maximum atomic E-state index is 12.6. The molecular weight excluding hydrogens is 350 g/mol. The van der Waals surface area contributed by atoms with Crippen LogP contribution in [-0.2, 0) is 11.3 Å². The minimum atomic E-state index is -1.74. The van der Waals surface area contributed by atoms with E-state index < -0.39 is 12.0 Å². The highest BCUT2D eigenvalue weighted by atomic mass is 19.3. The quantitative estimate of drug-likeness (QED) is 0.703. The van der Waals surface area contributed by atoms with Gasteiger partial charge in [0.15, 0.2) is 5.65 Å². The molecular formula is C20H18F2N4O. The van der Waals surface area contributed by atoms with Crippen LogP contribution in [0.15, 0.2) is 54.8 Å². The van der Waals surface area contributed by atoms with Gasteiger partial charge in [0.2, 0.25) is 5.91 Å². The summed E-state index contributed by atoms with van der Waals surface area (Å²) in [7, 11) is 0. The number of amides is 1. The molecule has 1 saturated heterocycles. The second-order valence-electron chi connectivity index (χ2n) is 6.73. The van der Waals surface area contributed by atoms with Crippen LogP contribution >= 0.6 is 0 Å². The highest BCUT2D eigenvalue weighted by Crippen LogP contribution is 2.29. The third-order valence-electron chi connectivity index (χ3n) is 4.72. The van der Waals surface area contributed by atoms with Crippen molar-refractivity contribution in [1.82, 2.24) is 19.5 Å². The maximum absolute atomic E-state index is 12.6. The number of aromatic nitrogens is 3. The molecule has 0 aliphatic carbocycles. The first-order chi connectivity index (χ1) is 13.0. The average Bonchev–Trinajstić information content (AvgIpc) is 3.16. The lowest BCUT2D eigenvalue weighted by Crippen LogP contribution is -2.24. The Balaban J connectivity index is 1.75. The van der Waals surface area contributed by atoms with Crippen LogP contribution in [0.3, 0.4) is 0 Å². The molecule has 0 radical (unpaired) electrons. The van der Waals surface area contributed by atoms with Crippen molar-refractivity contribution in [3.8, 4) is 11.3 Å². The van der Waals surface area contributed by atoms with E-state index in [1.54, 1.807) is 9.42 Å². The number of carbonyl (C=O) groups is 1. The van der Waals surface area contributed by atoms with E-state index in [2.05, 4.69) is 10.1 Å². The van der Waals surface area contributed by atoms with Crippen molar-refractivity contribution in [2.75, 3.05) is 6.54 Å². The first-order valence-electron chi connectivity index (χ1n) is 8.72. The topological polar surface area (TPSA) is 50.5 Å². The van der Waals surface area contributed by atoms with Crippen LogP contribution < -0.4 is 0 Å². The van der Waals surface area contributed by atoms with E-state index in [-0.39, 0.29) is 18.9 Å². The Hall–Kier alpha value is -3.09. The third kappa shape index (κ3) is 3.45. The molecule has 3 aromatic rings. The van der Waals surface area contributed by atoms with Gasteiger partial charge in [0.1, 0.15) is 5.69 Å². The molecule has 1 fully saturated rings. The molecule has 0 bridgehead atoms. The minimum absolute atomic E-state index is 0.101. The predicted octanol–water partition coefficient (Wildman–Crippen LogP) is 3.83. The molecule has 5 nitrogen and oxygen atoms in total. The van der Waals surface area contributed by atoms with E-state index >= 15 is 0 Å². The molecule has 27 heavy (non-hydrogen) atoms. The van der Waals surface area contributed by atoms with Crippen molar-refractivity contribution in [2.45, 2.75) is 19.9 Å². The Morgan fingerprint density at radius 3 is 2.78 bits per heavy atom. The highest BCUT2D eigenvalue weighted by molar-refractivity contribution is 5.80. The maximum Gasteiger partial charge on any atom is 0.266 e. The summed E-state index contributed by atoms with van der Waals surface area (Å²) in [6.45, 7) is 2.46. The highest BCUT2D eigenvalue weighted by Gasteiger charge is 2.30. The van der Waals surface area contributed by atoms with Gasteiger partial charge >= 0.3 is 0 Å². The third-order valence-corrected chi connectivity index (χ3v) is 4.72. The molecule has 1 amide bonds. The van der Waals surface area contributed by atoms with Crippen LogP contribution in [0.5, 0.6) is 0 Å². The smallest absolute Gasteiger partial charge is 0.266 e. The molecule has 1 aliphatic heterocycles. The second-order valence-corrected chi connectivity index (χ2v) is 6.73. The van der Waals surface area contributed by atoms with Gasteiger partial charge in [-0.25, -0.2) is 9.50 Å². The number of aryl methyl sites for hydroxylation is 1. The number of hydrogen-bond acceptors (Lipinski definition) is 3. The van der Waals surface area contributed by atoms with Crippen LogP contribution in [0.4, 0.5) is 8.78 Å². The Morgan fingerprint density at radius 2 is 2.04 bits per heavy atom. The number of likely N-dealkylation sites (tertiary alicyclic amines) is 1. The van der Waals surface area contributed by atoms with Crippen molar-refractivity contribution in [2.24, 2.45) is 5.92 Å². The van der Waals surface area contributed by atoms with Crippen LogP contribution in [0.25, 0.3) is 16.9 Å². The van der Waals surface area contributed by atoms with E-state index in [1.165, 1.54) is 0 Å². The SMILES string of the molecule is Cc1ccn2nc(-c3ccccc3)c(CN3CC(C=C(F)F)CC3=O)c2n1. The summed E-state index contributed by atoms with van der Waals surface area (Å²) >= 11 is 0. The number of rotatable bonds is 4. The van der Waals surface area contributed by atoms with E-state index in [4.69, 9.17) is 0 Å². The zero-order valence-corrected chi connectivity index (χ0v) is 14.8. The van der Waals surface area contributed by atoms with E-state index in [1.807, 2.05) is 49.5 Å². The van der Waals surface area contributed by atoms with Gasteiger partial charge in [-0.2, -0.15) is 13.9 Å². The Morgan fingerprint density at radius 1 is 1.26 bits per heavy atom. The van der Waals surface area contributed by atoms with Gasteiger partial charge < -0.3 is 4.90 Å². The summed E-state index contributed by atoms with van der Waals surface area (Å²) in [5.41, 5.74) is 4.02. The number of fused-ring (bicyclic) bond motifs is 1. The Bertz CT molecular complexity index is 1030. The van der Waals surface area contributed by atoms with Crippen LogP contribution in [-0.4, -0.2) is 31.9 Å². The Labute approximate surface area is 154 Å². The molecule has 2 aromatic heterocycles. The van der Waals surface area contributed by atoms with Gasteiger partial charge in [0, 0.05) is 41.9 Å². The number of halogens is 2. The van der Waals surface area contributed by atoms with Crippen molar-refractivity contribution in [1.29, 1.82) is 0 Å². The lowest BCUT2D eigenvalue weighted by molar-refractivity contribution is -0.128. The lowest BCUT2D eigenvalue weighted by atomic mass is 10.1.